The Morgan fingerprint density at radius 3 is 1.97 bits per heavy atom. The number of aryl methyl sites for hydroxylation is 1. The van der Waals surface area contributed by atoms with Crippen LogP contribution in [-0.4, -0.2) is 6.71 Å². The number of benzene rings is 7. The molecule has 1 fully saturated rings. The second-order valence-corrected chi connectivity index (χ2v) is 23.7. The predicted octanol–water partition coefficient (Wildman–Crippen LogP) is 15.4. The van der Waals surface area contributed by atoms with Gasteiger partial charge in [0.25, 0.3) is 0 Å². The highest BCUT2D eigenvalue weighted by Crippen LogP contribution is 2.63. The number of anilines is 6. The van der Waals surface area contributed by atoms with Crippen LogP contribution in [-0.2, 0) is 16.2 Å². The van der Waals surface area contributed by atoms with Crippen LogP contribution in [0, 0.1) is 12.3 Å². The quantitative estimate of drug-likeness (QED) is 0.163. The molecule has 2 aliphatic carbocycles. The molecular formula is C61H61BN2S. The molecule has 3 unspecified atom stereocenters. The van der Waals surface area contributed by atoms with Crippen LogP contribution in [0.5, 0.6) is 0 Å². The van der Waals surface area contributed by atoms with Crippen molar-refractivity contribution in [3.05, 3.63) is 173 Å². The Labute approximate surface area is 391 Å². The monoisotopic (exact) mass is 864 g/mol. The third-order valence-corrected chi connectivity index (χ3v) is 17.9. The van der Waals surface area contributed by atoms with Gasteiger partial charge in [-0.05, 0) is 164 Å². The number of thiophene rings is 1. The minimum atomic E-state index is -0.00470. The minimum absolute atomic E-state index is 0.00470. The van der Waals surface area contributed by atoms with Gasteiger partial charge in [0.1, 0.15) is 0 Å². The molecule has 1 saturated carbocycles. The van der Waals surface area contributed by atoms with Crippen molar-refractivity contribution in [2.45, 2.75) is 117 Å². The van der Waals surface area contributed by atoms with Gasteiger partial charge < -0.3 is 9.80 Å². The van der Waals surface area contributed by atoms with E-state index in [1.807, 2.05) is 11.3 Å². The number of rotatable bonds is 4. The number of para-hydroxylation sites is 2. The van der Waals surface area contributed by atoms with E-state index in [1.165, 1.54) is 113 Å². The van der Waals surface area contributed by atoms with Gasteiger partial charge in [-0.25, -0.2) is 0 Å². The lowest BCUT2D eigenvalue weighted by Gasteiger charge is -2.59. The zero-order chi connectivity index (χ0) is 44.8. The largest absolute Gasteiger partial charge is 0.311 e. The summed E-state index contributed by atoms with van der Waals surface area (Å²) < 4.78 is 2.74. The number of nitrogens with zero attached hydrogens (tertiary/aromatic N) is 2. The van der Waals surface area contributed by atoms with Crippen LogP contribution in [0.4, 0.5) is 34.1 Å². The molecule has 0 bridgehead atoms. The second-order valence-electron chi connectivity index (χ2n) is 22.6. The zero-order valence-electron chi connectivity index (χ0n) is 39.8. The minimum Gasteiger partial charge on any atom is -0.311 e. The smallest absolute Gasteiger partial charge is 0.248 e. The Hall–Kier alpha value is -5.58. The molecule has 2 nitrogen and oxygen atoms in total. The van der Waals surface area contributed by atoms with Gasteiger partial charge >= 0.3 is 0 Å². The molecule has 3 heterocycles. The Morgan fingerprint density at radius 2 is 1.28 bits per heavy atom. The first-order valence-corrected chi connectivity index (χ1v) is 25.1. The SMILES string of the molecule is Cc1cc(C(C)(C)C)ccc1N1c2cc(N(c3ccccc3)c3ccccc3)cc3c2B(c2cc(C(C)(C)C)cc4c2C3CC2(C)CCCCC42C)c2c1ccc1sc3ccccc3c21. The van der Waals surface area contributed by atoms with Crippen molar-refractivity contribution < 1.29 is 0 Å². The third kappa shape index (κ3) is 5.98. The fraction of sp³-hybridized carbons (Fsp3) is 0.311. The van der Waals surface area contributed by atoms with E-state index in [4.69, 9.17) is 0 Å². The van der Waals surface area contributed by atoms with Gasteiger partial charge in [-0.2, -0.15) is 0 Å². The summed E-state index contributed by atoms with van der Waals surface area (Å²) >= 11 is 1.95. The molecule has 0 radical (unpaired) electrons. The van der Waals surface area contributed by atoms with Gasteiger partial charge in [0.15, 0.2) is 0 Å². The van der Waals surface area contributed by atoms with E-state index in [0.29, 0.717) is 0 Å². The van der Waals surface area contributed by atoms with E-state index in [9.17, 15) is 0 Å². The molecule has 0 saturated heterocycles. The first kappa shape index (κ1) is 40.9. The molecule has 324 valence electrons. The van der Waals surface area contributed by atoms with Crippen LogP contribution in [0.25, 0.3) is 20.2 Å². The summed E-state index contributed by atoms with van der Waals surface area (Å²) in [5.74, 6) is 0.273. The summed E-state index contributed by atoms with van der Waals surface area (Å²) in [6, 6.07) is 54.1. The molecule has 1 aromatic heterocycles. The highest BCUT2D eigenvalue weighted by Gasteiger charge is 2.57. The Morgan fingerprint density at radius 1 is 0.615 bits per heavy atom. The van der Waals surface area contributed by atoms with E-state index in [0.717, 1.165) is 6.42 Å². The summed E-state index contributed by atoms with van der Waals surface area (Å²) in [7, 11) is 0. The molecule has 4 aliphatic rings. The van der Waals surface area contributed by atoms with Crippen molar-refractivity contribution in [3.8, 4) is 0 Å². The second kappa shape index (κ2) is 14.2. The summed E-state index contributed by atoms with van der Waals surface area (Å²) in [5, 5.41) is 2.80. The zero-order valence-corrected chi connectivity index (χ0v) is 40.6. The summed E-state index contributed by atoms with van der Waals surface area (Å²) in [6.45, 7) is 22.1. The molecule has 8 aromatic rings. The molecule has 3 atom stereocenters. The van der Waals surface area contributed by atoms with Crippen molar-refractivity contribution in [2.24, 2.45) is 5.41 Å². The highest BCUT2D eigenvalue weighted by molar-refractivity contribution is 7.26. The van der Waals surface area contributed by atoms with Crippen LogP contribution in [0.3, 0.4) is 0 Å². The van der Waals surface area contributed by atoms with Crippen LogP contribution in [0.2, 0.25) is 0 Å². The molecule has 0 spiro atoms. The van der Waals surface area contributed by atoms with Gasteiger partial charge in [0.05, 0.1) is 0 Å². The number of hydrogen-bond acceptors (Lipinski definition) is 3. The van der Waals surface area contributed by atoms with Crippen molar-refractivity contribution in [1.29, 1.82) is 0 Å². The maximum atomic E-state index is 2.71. The van der Waals surface area contributed by atoms with Crippen LogP contribution < -0.4 is 26.2 Å². The molecule has 0 N–H and O–H groups in total. The van der Waals surface area contributed by atoms with E-state index < -0.39 is 0 Å². The molecule has 12 rings (SSSR count). The average Bonchev–Trinajstić information content (AvgIpc) is 3.67. The van der Waals surface area contributed by atoms with Crippen molar-refractivity contribution >= 4 is 88.7 Å². The first-order valence-electron chi connectivity index (χ1n) is 24.3. The molecule has 65 heavy (non-hydrogen) atoms. The lowest BCUT2D eigenvalue weighted by Crippen LogP contribution is -2.64. The number of fused-ring (bicyclic) bond motifs is 10. The lowest BCUT2D eigenvalue weighted by atomic mass is 9.29. The van der Waals surface area contributed by atoms with Gasteiger partial charge in [0, 0.05) is 49.4 Å². The van der Waals surface area contributed by atoms with Crippen LogP contribution >= 0.6 is 11.3 Å². The third-order valence-electron chi connectivity index (χ3n) is 16.7. The normalized spacial score (nSPS) is 20.9. The maximum Gasteiger partial charge on any atom is 0.248 e. The molecule has 0 amide bonds. The van der Waals surface area contributed by atoms with E-state index >= 15 is 0 Å². The fourth-order valence-corrected chi connectivity index (χ4v) is 14.2. The van der Waals surface area contributed by atoms with Crippen molar-refractivity contribution in [3.63, 3.8) is 0 Å². The van der Waals surface area contributed by atoms with E-state index in [-0.39, 0.29) is 34.3 Å². The highest BCUT2D eigenvalue weighted by atomic mass is 32.1. The fourth-order valence-electron chi connectivity index (χ4n) is 13.1. The predicted molar refractivity (Wildman–Crippen MR) is 282 cm³/mol. The van der Waals surface area contributed by atoms with E-state index in [1.54, 1.807) is 16.6 Å². The number of hydrogen-bond donors (Lipinski definition) is 0. The summed E-state index contributed by atoms with van der Waals surface area (Å²) in [6.07, 6.45) is 6.30. The Balaban J connectivity index is 1.26. The van der Waals surface area contributed by atoms with Crippen molar-refractivity contribution in [2.75, 3.05) is 9.80 Å². The summed E-state index contributed by atoms with van der Waals surface area (Å²) in [4.78, 5) is 5.21. The Bertz CT molecular complexity index is 3180. The molecule has 2 aliphatic heterocycles. The van der Waals surface area contributed by atoms with Crippen molar-refractivity contribution in [1.82, 2.24) is 0 Å². The standard InChI is InChI=1S/C61H61BN2S/c1-38-32-39(58(2,3)4)26-27-49(38)64-50-28-29-53-55(44-24-16-17-25-52(44)65-53)57(50)62-48-34-40(59(5,6)7)33-47-54(48)46(37-60(8)30-18-19-31-61(47,60)9)45-35-43(36-51(64)56(45)62)63(41-20-12-10-13-21-41)42-22-14-11-15-23-42/h10-17,20-29,32-36,46H,18-19,30-31,37H2,1-9H3. The Kier molecular flexibility index (Phi) is 8.94. The maximum absolute atomic E-state index is 2.71. The van der Waals surface area contributed by atoms with E-state index in [2.05, 4.69) is 212 Å². The summed E-state index contributed by atoms with van der Waals surface area (Å²) in [5.41, 5.74) is 21.2. The molecule has 4 heteroatoms. The van der Waals surface area contributed by atoms with Gasteiger partial charge in [-0.3, -0.25) is 0 Å². The topological polar surface area (TPSA) is 6.48 Å². The van der Waals surface area contributed by atoms with Gasteiger partial charge in [0.2, 0.25) is 6.71 Å². The molecular weight excluding hydrogens is 804 g/mol. The lowest BCUT2D eigenvalue weighted by molar-refractivity contribution is 0.0602. The van der Waals surface area contributed by atoms with Crippen LogP contribution in [0.15, 0.2) is 140 Å². The first-order chi connectivity index (χ1) is 31.1. The van der Waals surface area contributed by atoms with Gasteiger partial charge in [-0.15, -0.1) is 11.3 Å². The molecule has 7 aromatic carbocycles. The van der Waals surface area contributed by atoms with Crippen LogP contribution in [0.1, 0.15) is 127 Å². The average molecular weight is 865 g/mol. The van der Waals surface area contributed by atoms with Gasteiger partial charge in [-0.1, -0.05) is 153 Å².